The molecule has 0 aromatic carbocycles. The summed E-state index contributed by atoms with van der Waals surface area (Å²) in [5.74, 6) is 4.60. The van der Waals surface area contributed by atoms with Crippen LogP contribution in [0.2, 0.25) is 0 Å². The summed E-state index contributed by atoms with van der Waals surface area (Å²) < 4.78 is 0. The molecule has 0 nitrogen and oxygen atoms in total. The molecule has 8 rings (SSSR count). The SMILES string of the molecule is CC1=C(C(/C=C2/C(=C/[C]3[CH][CH][CH][CH]3)[C@]3(C)CC[C@H]2C3(C)C)[C]2[CH][CH][CH][CH]2)[C@@H]2CC[C@@]1(C)C2(C)C.[CH]1[CH][CH][CH][CH]1.[CH]1[CH][CH][CH][CH]1.[Fe+2].[Fe+2]. The molecule has 46 heavy (non-hydrogen) atoms. The Morgan fingerprint density at radius 1 is 0.587 bits per heavy atom. The second-order valence-electron chi connectivity index (χ2n) is 15.4. The molecule has 0 aliphatic heterocycles. The van der Waals surface area contributed by atoms with Crippen LogP contribution in [0.4, 0.5) is 0 Å². The van der Waals surface area contributed by atoms with E-state index in [2.05, 4.69) is 112 Å². The van der Waals surface area contributed by atoms with Crippen LogP contribution in [0.25, 0.3) is 0 Å². The molecule has 2 heteroatoms. The van der Waals surface area contributed by atoms with E-state index in [-0.39, 0.29) is 39.6 Å². The topological polar surface area (TPSA) is 0 Å². The van der Waals surface area contributed by atoms with Gasteiger partial charge in [-0.1, -0.05) is 64.8 Å². The summed E-state index contributed by atoms with van der Waals surface area (Å²) >= 11 is 0. The number of allylic oxidation sites excluding steroid dienone is 6. The van der Waals surface area contributed by atoms with Crippen LogP contribution < -0.4 is 0 Å². The van der Waals surface area contributed by atoms with Crippen molar-refractivity contribution in [3.63, 3.8) is 0 Å². The third-order valence-electron chi connectivity index (χ3n) is 13.2. The summed E-state index contributed by atoms with van der Waals surface area (Å²) in [4.78, 5) is 0. The molecule has 0 amide bonds. The Morgan fingerprint density at radius 3 is 1.50 bits per heavy atom. The van der Waals surface area contributed by atoms with E-state index in [4.69, 9.17) is 0 Å². The zero-order valence-corrected chi connectivity index (χ0v) is 31.0. The second-order valence-corrected chi connectivity index (χ2v) is 15.4. The normalized spacial score (nSPS) is 38.1. The van der Waals surface area contributed by atoms with E-state index in [1.54, 1.807) is 22.3 Å². The van der Waals surface area contributed by atoms with Gasteiger partial charge in [-0.2, -0.15) is 0 Å². The fourth-order valence-electron chi connectivity index (χ4n) is 9.66. The van der Waals surface area contributed by atoms with Gasteiger partial charge in [0, 0.05) is 11.8 Å². The van der Waals surface area contributed by atoms with Gasteiger partial charge in [0.2, 0.25) is 0 Å². The quantitative estimate of drug-likeness (QED) is 0.203. The Bertz CT molecular complexity index is 1080. The molecule has 8 aliphatic carbocycles. The molecule has 7 fully saturated rings. The smallest absolute Gasteiger partial charge is 0.0729 e. The van der Waals surface area contributed by atoms with Crippen molar-refractivity contribution in [1.29, 1.82) is 0 Å². The molecule has 8 aliphatic rings. The first-order valence-corrected chi connectivity index (χ1v) is 16.9. The molecule has 0 spiro atoms. The molecule has 0 aromatic rings. The molecule has 7 saturated carbocycles. The summed E-state index contributed by atoms with van der Waals surface area (Å²) in [7, 11) is 0. The van der Waals surface area contributed by atoms with Gasteiger partial charge in [-0.15, -0.1) is 0 Å². The van der Waals surface area contributed by atoms with Crippen molar-refractivity contribution in [2.75, 3.05) is 0 Å². The maximum atomic E-state index is 2.75. The number of hydrogen-bond donors (Lipinski definition) is 0. The fraction of sp³-hybridized carbons (Fsp3) is 0.409. The minimum absolute atomic E-state index is 0. The number of rotatable bonds is 4. The van der Waals surface area contributed by atoms with Crippen molar-refractivity contribution >= 4 is 0 Å². The second kappa shape index (κ2) is 15.7. The Labute approximate surface area is 308 Å². The third-order valence-corrected chi connectivity index (χ3v) is 13.2. The molecule has 240 valence electrons. The van der Waals surface area contributed by atoms with E-state index >= 15 is 0 Å². The van der Waals surface area contributed by atoms with Crippen molar-refractivity contribution < 1.29 is 34.1 Å². The van der Waals surface area contributed by atoms with Gasteiger partial charge in [-0.05, 0) is 199 Å². The largest absolute Gasteiger partial charge is 2.00 e. The average molecular weight is 693 g/mol. The van der Waals surface area contributed by atoms with Crippen molar-refractivity contribution in [3.8, 4) is 0 Å². The van der Waals surface area contributed by atoms with Crippen LogP contribution in [0, 0.1) is 167 Å². The maximum Gasteiger partial charge on any atom is 2.00 e. The summed E-state index contributed by atoms with van der Waals surface area (Å²) in [5.41, 5.74) is 7.94. The third kappa shape index (κ3) is 6.81. The average Bonchev–Trinajstić information content (AvgIpc) is 3.84. The zero-order valence-electron chi connectivity index (χ0n) is 28.8. The molecule has 0 saturated heterocycles. The van der Waals surface area contributed by atoms with Crippen molar-refractivity contribution in [2.24, 2.45) is 39.4 Å². The molecular weight excluding hydrogens is 640 g/mol. The van der Waals surface area contributed by atoms with Gasteiger partial charge in [0.05, 0.1) is 0 Å². The van der Waals surface area contributed by atoms with E-state index in [1.807, 2.05) is 64.2 Å². The van der Waals surface area contributed by atoms with Gasteiger partial charge in [0.1, 0.15) is 0 Å². The maximum absolute atomic E-state index is 2.75. The Balaban J connectivity index is 0.000000342. The van der Waals surface area contributed by atoms with E-state index in [1.165, 1.54) is 37.5 Å². The van der Waals surface area contributed by atoms with Gasteiger partial charge < -0.3 is 0 Å². The van der Waals surface area contributed by atoms with Crippen molar-refractivity contribution in [3.05, 3.63) is 162 Å². The summed E-state index contributed by atoms with van der Waals surface area (Å²) in [6, 6.07) is 0. The van der Waals surface area contributed by atoms with E-state index in [0.717, 1.165) is 0 Å². The summed E-state index contributed by atoms with van der Waals surface area (Å²) in [6.07, 6.45) is 48.7. The van der Waals surface area contributed by atoms with E-state index in [0.29, 0.717) is 34.0 Å². The van der Waals surface area contributed by atoms with E-state index < -0.39 is 0 Å². The Kier molecular flexibility index (Phi) is 13.3. The Morgan fingerprint density at radius 2 is 1.02 bits per heavy atom. The van der Waals surface area contributed by atoms with Crippen LogP contribution in [-0.4, -0.2) is 0 Å². The molecule has 0 N–H and O–H groups in total. The van der Waals surface area contributed by atoms with Crippen LogP contribution in [0.15, 0.2) is 34.4 Å². The fourth-order valence-corrected chi connectivity index (χ4v) is 9.66. The van der Waals surface area contributed by atoms with Crippen molar-refractivity contribution in [1.82, 2.24) is 0 Å². The molecule has 1 unspecified atom stereocenters. The van der Waals surface area contributed by atoms with Crippen LogP contribution in [0.1, 0.15) is 74.1 Å². The minimum Gasteiger partial charge on any atom is -0.0729 e. The predicted octanol–water partition coefficient (Wildman–Crippen LogP) is 10.5. The van der Waals surface area contributed by atoms with Crippen LogP contribution in [0.5, 0.6) is 0 Å². The number of fused-ring (bicyclic) bond motifs is 4. The molecule has 20 radical (unpaired) electrons. The molecular formula is C44H52Fe2+4. The van der Waals surface area contributed by atoms with Crippen molar-refractivity contribution in [2.45, 2.75) is 74.1 Å². The van der Waals surface area contributed by atoms with Gasteiger partial charge in [-0.25, -0.2) is 0 Å². The Hall–Kier alpha value is 0.259. The van der Waals surface area contributed by atoms with Crippen LogP contribution >= 0.6 is 0 Å². The van der Waals surface area contributed by atoms with Gasteiger partial charge in [-0.3, -0.25) is 0 Å². The first-order chi connectivity index (χ1) is 21.0. The van der Waals surface area contributed by atoms with Crippen LogP contribution in [0.3, 0.4) is 0 Å². The van der Waals surface area contributed by atoms with Gasteiger partial charge >= 0.3 is 34.1 Å². The summed E-state index contributed by atoms with van der Waals surface area (Å²) in [5, 5.41) is 0. The molecule has 4 bridgehead atoms. The summed E-state index contributed by atoms with van der Waals surface area (Å²) in [6.45, 7) is 17.7. The molecule has 0 heterocycles. The molecule has 0 aromatic heterocycles. The van der Waals surface area contributed by atoms with Gasteiger partial charge in [0.25, 0.3) is 0 Å². The minimum atomic E-state index is 0. The zero-order chi connectivity index (χ0) is 31.2. The first kappa shape index (κ1) is 39.1. The van der Waals surface area contributed by atoms with Gasteiger partial charge in [0.15, 0.2) is 0 Å². The number of hydrogen-bond acceptors (Lipinski definition) is 0. The monoisotopic (exact) mass is 692 g/mol. The standard InChI is InChI=1S/C34H42.2C5H5.2Fe/c1-22-30(28-17-18-33(22,6)32(28,4)5)25(24-14-10-11-15-24)21-26-27-16-19-34(7,31(27,2)3)29(26)20-23-12-8-9-13-23;2*1-2-4-5-3-1;;/h8-15,20-21,25,27-28H,16-19H2,1-7H3;2*1-5H;;/q;;;2*+2/b26-21+,29-20-;;;;/t25?,27-,28+,33-,34+;;;;/m1..../s1. The first-order valence-electron chi connectivity index (χ1n) is 16.9. The predicted molar refractivity (Wildman–Crippen MR) is 185 cm³/mol. The van der Waals surface area contributed by atoms with E-state index in [9.17, 15) is 0 Å². The molecule has 5 atom stereocenters. The van der Waals surface area contributed by atoms with Crippen LogP contribution in [-0.2, 0) is 34.1 Å².